The summed E-state index contributed by atoms with van der Waals surface area (Å²) in [7, 11) is -4.45. The number of hydrogen-bond donors (Lipinski definition) is 3. The number of likely N-dealkylation sites (tertiary alicyclic amines) is 1. The van der Waals surface area contributed by atoms with Gasteiger partial charge >= 0.3 is 18.2 Å². The summed E-state index contributed by atoms with van der Waals surface area (Å²) >= 11 is 0. The first-order chi connectivity index (χ1) is 20.8. The smallest absolute Gasteiger partial charge is 0.408 e. The molecule has 0 spiro atoms. The van der Waals surface area contributed by atoms with Crippen LogP contribution in [0.4, 0.5) is 18.0 Å². The molecule has 3 rings (SSSR count). The van der Waals surface area contributed by atoms with Crippen molar-refractivity contribution in [3.05, 3.63) is 0 Å². The van der Waals surface area contributed by atoms with E-state index in [0.29, 0.717) is 12.8 Å². The molecule has 3 N–H and O–H groups in total. The first kappa shape index (κ1) is 37.5. The highest BCUT2D eigenvalue weighted by molar-refractivity contribution is 7.91. The van der Waals surface area contributed by atoms with Crippen LogP contribution in [0, 0.1) is 23.2 Å². The van der Waals surface area contributed by atoms with Gasteiger partial charge in [-0.25, -0.2) is 17.9 Å². The molecule has 46 heavy (non-hydrogen) atoms. The number of alkyl carbamates (subject to hydrolysis) is 1. The minimum atomic E-state index is -5.02. The maximum absolute atomic E-state index is 14.1. The average Bonchev–Trinajstić information content (AvgIpc) is 3.21. The van der Waals surface area contributed by atoms with Crippen LogP contribution < -0.4 is 15.4 Å². The number of piperidine rings is 1. The summed E-state index contributed by atoms with van der Waals surface area (Å²) in [4.78, 5) is 67.5. The zero-order chi connectivity index (χ0) is 35.2. The van der Waals surface area contributed by atoms with Gasteiger partial charge in [0.25, 0.3) is 0 Å². The predicted molar refractivity (Wildman–Crippen MR) is 160 cm³/mol. The van der Waals surface area contributed by atoms with Crippen LogP contribution in [0.1, 0.15) is 93.9 Å². The number of carbonyl (C=O) groups excluding carboxylic acids is 5. The molecule has 0 radical (unpaired) electrons. The summed E-state index contributed by atoms with van der Waals surface area (Å²) in [6.45, 7) is 12.5. The fourth-order valence-electron chi connectivity index (χ4n) is 6.46. The lowest BCUT2D eigenvalue weighted by atomic mass is 9.83. The number of nitrogens with one attached hydrogen (secondary N) is 3. The highest BCUT2D eigenvalue weighted by Crippen LogP contribution is 2.65. The number of fused-ring (bicyclic) bond motifs is 1. The van der Waals surface area contributed by atoms with E-state index in [1.54, 1.807) is 20.8 Å². The number of Topliss-reactive ketones (excluding diaryl/α,β-unsaturated/α-hetero) is 1. The van der Waals surface area contributed by atoms with Crippen molar-refractivity contribution in [1.29, 1.82) is 0 Å². The number of rotatable bonds is 9. The van der Waals surface area contributed by atoms with Gasteiger partial charge in [0.05, 0.1) is 11.2 Å². The predicted octanol–water partition coefficient (Wildman–Crippen LogP) is 3.19. The van der Waals surface area contributed by atoms with Crippen LogP contribution in [0.3, 0.4) is 0 Å². The van der Waals surface area contributed by atoms with Crippen LogP contribution in [0.5, 0.6) is 0 Å². The molecule has 1 heterocycles. The van der Waals surface area contributed by atoms with Gasteiger partial charge in [0, 0.05) is 6.54 Å². The number of ether oxygens (including phenoxy) is 1. The van der Waals surface area contributed by atoms with Crippen molar-refractivity contribution in [3.8, 4) is 0 Å². The number of carbonyl (C=O) groups is 5. The number of ketones is 1. The van der Waals surface area contributed by atoms with Gasteiger partial charge in [-0.1, -0.05) is 33.1 Å². The highest BCUT2D eigenvalue weighted by Gasteiger charge is 2.70. The molecule has 5 atom stereocenters. The molecule has 0 aromatic rings. The van der Waals surface area contributed by atoms with Crippen molar-refractivity contribution in [3.63, 3.8) is 0 Å². The zero-order valence-electron chi connectivity index (χ0n) is 27.7. The largest absolute Gasteiger partial charge is 0.444 e. The van der Waals surface area contributed by atoms with Crippen LogP contribution in [0.25, 0.3) is 0 Å². The van der Waals surface area contributed by atoms with E-state index in [4.69, 9.17) is 4.74 Å². The van der Waals surface area contributed by atoms with Gasteiger partial charge in [-0.15, -0.1) is 0 Å². The molecule has 0 aromatic carbocycles. The molecule has 262 valence electrons. The number of halogens is 3. The van der Waals surface area contributed by atoms with E-state index in [2.05, 4.69) is 5.32 Å². The number of nitrogens with zero attached hydrogens (tertiary/aromatic N) is 1. The second kappa shape index (κ2) is 12.9. The van der Waals surface area contributed by atoms with E-state index in [9.17, 15) is 45.6 Å². The van der Waals surface area contributed by atoms with E-state index in [0.717, 1.165) is 19.3 Å². The molecule has 1 aliphatic heterocycles. The summed E-state index contributed by atoms with van der Waals surface area (Å²) in [6.07, 6.45) is -3.93. The molecular formula is C30H47F3N4O8S. The van der Waals surface area contributed by atoms with Gasteiger partial charge in [0.1, 0.15) is 23.7 Å². The molecule has 1 saturated heterocycles. The molecule has 2 saturated carbocycles. The zero-order valence-corrected chi connectivity index (χ0v) is 28.5. The fourth-order valence-corrected chi connectivity index (χ4v) is 7.11. The Morgan fingerprint density at radius 1 is 0.935 bits per heavy atom. The Labute approximate surface area is 268 Å². The van der Waals surface area contributed by atoms with E-state index in [-0.39, 0.29) is 18.4 Å². The molecule has 16 heteroatoms. The van der Waals surface area contributed by atoms with Crippen molar-refractivity contribution in [2.75, 3.05) is 6.54 Å². The number of sulfonamides is 1. The van der Waals surface area contributed by atoms with Crippen LogP contribution in [-0.4, -0.2) is 84.1 Å². The summed E-state index contributed by atoms with van der Waals surface area (Å²) in [5.41, 5.74) is -1.32. The second-order valence-electron chi connectivity index (χ2n) is 15.2. The molecule has 0 aromatic heterocycles. The lowest BCUT2D eigenvalue weighted by molar-refractivity contribution is -0.155. The Morgan fingerprint density at radius 2 is 1.50 bits per heavy atom. The number of alkyl halides is 3. The Morgan fingerprint density at radius 3 is 2.00 bits per heavy atom. The fraction of sp³-hybridized carbons (Fsp3) is 0.833. The first-order valence-corrected chi connectivity index (χ1v) is 17.0. The van der Waals surface area contributed by atoms with Crippen molar-refractivity contribution in [1.82, 2.24) is 20.3 Å². The van der Waals surface area contributed by atoms with Crippen molar-refractivity contribution >= 4 is 39.6 Å². The third-order valence-corrected chi connectivity index (χ3v) is 11.2. The minimum Gasteiger partial charge on any atom is -0.444 e. The standard InChI is InChI=1S/C30H47F3N4O8S/c1-27(2,3)45-26(42)35-20(16-12-10-9-11-13-16)25(41)37-15-17-19(29(17,7)8)21(37)23(39)34-18(14-30(31,32)33)22(38)24(40)36-46(43,44)28(4,5)6/h16-21H,9-15H2,1-8H3,(H,34,39)(H,35,42)(H,36,40)/t17-,18?,19?,20-,21-/m0/s1. The SMILES string of the molecule is CC(C)(C)OC(=O)N[C@H](C(=O)N1C[C@H]2C([C@H]1C(=O)NC(CC(F)(F)F)C(=O)C(=O)NS(=O)(=O)C(C)(C)C)C2(C)C)C1CCCCC1. The Bertz CT molecular complexity index is 1330. The topological polar surface area (TPSA) is 168 Å². The molecular weight excluding hydrogens is 633 g/mol. The third-order valence-electron chi connectivity index (χ3n) is 9.15. The van der Waals surface area contributed by atoms with E-state index in [1.807, 2.05) is 19.2 Å². The molecule has 3 aliphatic rings. The number of amides is 4. The number of hydrogen-bond acceptors (Lipinski definition) is 8. The molecule has 2 unspecified atom stereocenters. The van der Waals surface area contributed by atoms with Gasteiger partial charge in [0.15, 0.2) is 0 Å². The Balaban J connectivity index is 1.90. The molecule has 4 amide bonds. The van der Waals surface area contributed by atoms with E-state index < -0.39 is 92.0 Å². The van der Waals surface area contributed by atoms with Gasteiger partial charge < -0.3 is 20.3 Å². The summed E-state index contributed by atoms with van der Waals surface area (Å²) in [6, 6.07) is -4.81. The molecule has 0 bridgehead atoms. The van der Waals surface area contributed by atoms with E-state index in [1.165, 1.54) is 30.4 Å². The first-order valence-electron chi connectivity index (χ1n) is 15.5. The normalized spacial score (nSPS) is 24.7. The van der Waals surface area contributed by atoms with Crippen molar-refractivity contribution in [2.45, 2.75) is 129 Å². The van der Waals surface area contributed by atoms with E-state index >= 15 is 0 Å². The molecule has 3 fully saturated rings. The summed E-state index contributed by atoms with van der Waals surface area (Å²) in [5, 5.41) is 4.69. The Hall–Kier alpha value is -2.91. The van der Waals surface area contributed by atoms with Gasteiger partial charge in [-0.05, 0) is 77.6 Å². The van der Waals surface area contributed by atoms with Gasteiger partial charge in [-0.3, -0.25) is 19.2 Å². The molecule has 2 aliphatic carbocycles. The monoisotopic (exact) mass is 680 g/mol. The summed E-state index contributed by atoms with van der Waals surface area (Å²) in [5.74, 6) is -6.22. The average molecular weight is 681 g/mol. The highest BCUT2D eigenvalue weighted by atomic mass is 32.2. The van der Waals surface area contributed by atoms with Crippen LogP contribution in [0.2, 0.25) is 0 Å². The quantitative estimate of drug-likeness (QED) is 0.312. The van der Waals surface area contributed by atoms with Crippen LogP contribution >= 0.6 is 0 Å². The van der Waals surface area contributed by atoms with Crippen molar-refractivity contribution in [2.24, 2.45) is 23.2 Å². The van der Waals surface area contributed by atoms with Crippen molar-refractivity contribution < 1.29 is 50.3 Å². The van der Waals surface area contributed by atoms with Gasteiger partial charge in [0.2, 0.25) is 27.6 Å². The van der Waals surface area contributed by atoms with Gasteiger partial charge in [-0.2, -0.15) is 13.2 Å². The Kier molecular flexibility index (Phi) is 10.6. The minimum absolute atomic E-state index is 0.0933. The van der Waals surface area contributed by atoms with Crippen LogP contribution in [0.15, 0.2) is 0 Å². The molecule has 12 nitrogen and oxygen atoms in total. The van der Waals surface area contributed by atoms with Crippen LogP contribution in [-0.2, 0) is 33.9 Å². The maximum atomic E-state index is 14.1. The lowest BCUT2D eigenvalue weighted by Crippen LogP contribution is -2.60. The third kappa shape index (κ3) is 8.71. The summed E-state index contributed by atoms with van der Waals surface area (Å²) < 4.78 is 70.9. The second-order valence-corrected chi connectivity index (χ2v) is 17.6. The lowest BCUT2D eigenvalue weighted by Gasteiger charge is -2.37. The maximum Gasteiger partial charge on any atom is 0.408 e.